The van der Waals surface area contributed by atoms with Gasteiger partial charge in [-0.2, -0.15) is 0 Å². The van der Waals surface area contributed by atoms with Crippen LogP contribution < -0.4 is 9.47 Å². The zero-order chi connectivity index (χ0) is 11.8. The molecule has 3 nitrogen and oxygen atoms in total. The van der Waals surface area contributed by atoms with E-state index >= 15 is 0 Å². The standard InChI is InChI=1S/C9H11BrO2.CHClO/c1-6-4-8(11-2)9(12-3)5-7(6)10;2-1-3/h4-5H,1-3H3;1H. The van der Waals surface area contributed by atoms with Gasteiger partial charge >= 0.3 is 0 Å². The summed E-state index contributed by atoms with van der Waals surface area (Å²) >= 11 is 7.73. The van der Waals surface area contributed by atoms with E-state index in [9.17, 15) is 0 Å². The predicted molar refractivity (Wildman–Crippen MR) is 64.6 cm³/mol. The van der Waals surface area contributed by atoms with Gasteiger partial charge in [-0.25, -0.2) is 0 Å². The molecule has 15 heavy (non-hydrogen) atoms. The third-order valence-corrected chi connectivity index (χ3v) is 2.52. The van der Waals surface area contributed by atoms with E-state index in [1.165, 1.54) is 0 Å². The second-order valence-corrected chi connectivity index (χ2v) is 3.58. The molecule has 1 aromatic rings. The molecule has 0 aliphatic heterocycles. The summed E-state index contributed by atoms with van der Waals surface area (Å²) in [7, 11) is 3.25. The Bertz CT molecular complexity index is 300. The summed E-state index contributed by atoms with van der Waals surface area (Å²) in [5, 5.41) is 0. The van der Waals surface area contributed by atoms with Crippen LogP contribution in [-0.2, 0) is 4.79 Å². The van der Waals surface area contributed by atoms with E-state index in [2.05, 4.69) is 27.5 Å². The maximum absolute atomic E-state index is 8.57. The van der Waals surface area contributed by atoms with Crippen LogP contribution in [0, 0.1) is 6.92 Å². The van der Waals surface area contributed by atoms with Crippen molar-refractivity contribution in [3.8, 4) is 11.5 Å². The molecule has 0 bridgehead atoms. The van der Waals surface area contributed by atoms with Gasteiger partial charge in [0.25, 0.3) is 0 Å². The molecule has 0 heterocycles. The molecule has 0 aromatic heterocycles. The van der Waals surface area contributed by atoms with Gasteiger partial charge in [0.15, 0.2) is 11.5 Å². The first kappa shape index (κ1) is 14.3. The Labute approximate surface area is 102 Å². The molecule has 0 saturated heterocycles. The molecule has 0 aliphatic rings. The summed E-state index contributed by atoms with van der Waals surface area (Å²) in [6.45, 7) is 2.01. The average Bonchev–Trinajstić information content (AvgIpc) is 2.22. The van der Waals surface area contributed by atoms with E-state index in [1.54, 1.807) is 14.2 Å². The molecule has 0 saturated carbocycles. The first-order chi connectivity index (χ1) is 7.10. The lowest BCUT2D eigenvalue weighted by Gasteiger charge is -2.08. The molecule has 0 atom stereocenters. The number of halogens is 2. The molecule has 0 fully saturated rings. The van der Waals surface area contributed by atoms with Gasteiger partial charge in [0.2, 0.25) is 5.75 Å². The van der Waals surface area contributed by atoms with E-state index in [1.807, 2.05) is 19.1 Å². The second kappa shape index (κ2) is 7.54. The zero-order valence-electron chi connectivity index (χ0n) is 8.71. The Morgan fingerprint density at radius 2 is 1.67 bits per heavy atom. The monoisotopic (exact) mass is 294 g/mol. The van der Waals surface area contributed by atoms with Crippen LogP contribution in [0.15, 0.2) is 16.6 Å². The number of carbonyl (C=O) groups is 1. The fraction of sp³-hybridized carbons (Fsp3) is 0.300. The zero-order valence-corrected chi connectivity index (χ0v) is 11.1. The molecule has 0 spiro atoms. The molecule has 0 unspecified atom stereocenters. The van der Waals surface area contributed by atoms with Crippen LogP contribution in [0.25, 0.3) is 0 Å². The van der Waals surface area contributed by atoms with Crippen LogP contribution in [-0.4, -0.2) is 20.0 Å². The maximum atomic E-state index is 8.57. The lowest BCUT2D eigenvalue weighted by atomic mass is 10.2. The van der Waals surface area contributed by atoms with Crippen molar-refractivity contribution >= 4 is 33.3 Å². The highest BCUT2D eigenvalue weighted by molar-refractivity contribution is 9.10. The van der Waals surface area contributed by atoms with Gasteiger partial charge in [-0.05, 0) is 36.2 Å². The van der Waals surface area contributed by atoms with Crippen LogP contribution in [0.4, 0.5) is 0 Å². The highest BCUT2D eigenvalue weighted by atomic mass is 79.9. The van der Waals surface area contributed by atoms with Gasteiger partial charge in [0.1, 0.15) is 0 Å². The summed E-state index contributed by atoms with van der Waals surface area (Å²) in [4.78, 5) is 8.57. The van der Waals surface area contributed by atoms with E-state index in [-0.39, 0.29) is 5.75 Å². The van der Waals surface area contributed by atoms with Crippen molar-refractivity contribution in [1.29, 1.82) is 0 Å². The average molecular weight is 296 g/mol. The SMILES string of the molecule is COc1cc(C)c(Br)cc1OC.O=CCl. The van der Waals surface area contributed by atoms with E-state index in [0.717, 1.165) is 21.5 Å². The van der Waals surface area contributed by atoms with Gasteiger partial charge in [0, 0.05) is 4.47 Å². The summed E-state index contributed by atoms with van der Waals surface area (Å²) in [5.74, 6) is 1.73. The molecule has 84 valence electrons. The normalized spacial score (nSPS) is 8.60. The molecule has 0 radical (unpaired) electrons. The number of methoxy groups -OCH3 is 2. The van der Waals surface area contributed by atoms with Crippen LogP contribution >= 0.6 is 27.5 Å². The lowest BCUT2D eigenvalue weighted by Crippen LogP contribution is -1.91. The van der Waals surface area contributed by atoms with Crippen LogP contribution in [0.3, 0.4) is 0 Å². The number of ether oxygens (including phenoxy) is 2. The van der Waals surface area contributed by atoms with Gasteiger partial charge in [-0.3, -0.25) is 4.79 Å². The molecular formula is C10H12BrClO3. The highest BCUT2D eigenvalue weighted by Gasteiger charge is 2.05. The van der Waals surface area contributed by atoms with Crippen molar-refractivity contribution in [2.75, 3.05) is 14.2 Å². The first-order valence-corrected chi connectivity index (χ1v) is 5.25. The molecular weight excluding hydrogens is 283 g/mol. The second-order valence-electron chi connectivity index (χ2n) is 2.55. The van der Waals surface area contributed by atoms with E-state index < -0.39 is 0 Å². The molecule has 1 rings (SSSR count). The van der Waals surface area contributed by atoms with Crippen molar-refractivity contribution in [2.45, 2.75) is 6.92 Å². The number of carbonyl (C=O) groups excluding carboxylic acids is 1. The van der Waals surface area contributed by atoms with E-state index in [4.69, 9.17) is 14.3 Å². The Hall–Kier alpha value is -0.740. The van der Waals surface area contributed by atoms with Gasteiger partial charge in [-0.1, -0.05) is 15.9 Å². The fourth-order valence-electron chi connectivity index (χ4n) is 0.956. The lowest BCUT2D eigenvalue weighted by molar-refractivity contribution is 0.354. The maximum Gasteiger partial charge on any atom is 0.208 e. The van der Waals surface area contributed by atoms with E-state index in [0.29, 0.717) is 0 Å². The Kier molecular flexibility index (Phi) is 7.17. The van der Waals surface area contributed by atoms with Crippen LogP contribution in [0.2, 0.25) is 0 Å². The minimum Gasteiger partial charge on any atom is -0.493 e. The molecule has 1 aromatic carbocycles. The summed E-state index contributed by atoms with van der Waals surface area (Å²) < 4.78 is 11.3. The Morgan fingerprint density at radius 3 is 2.07 bits per heavy atom. The summed E-state index contributed by atoms with van der Waals surface area (Å²) in [5.41, 5.74) is 1.13. The minimum absolute atomic E-state index is 0.222. The van der Waals surface area contributed by atoms with Crippen LogP contribution in [0.1, 0.15) is 5.56 Å². The summed E-state index contributed by atoms with van der Waals surface area (Å²) in [6.07, 6.45) is 0. The number of rotatable bonds is 2. The first-order valence-electron chi connectivity index (χ1n) is 4.02. The largest absolute Gasteiger partial charge is 0.493 e. The van der Waals surface area contributed by atoms with Crippen molar-refractivity contribution in [1.82, 2.24) is 0 Å². The van der Waals surface area contributed by atoms with Gasteiger partial charge < -0.3 is 9.47 Å². The smallest absolute Gasteiger partial charge is 0.208 e. The van der Waals surface area contributed by atoms with Crippen molar-refractivity contribution < 1.29 is 14.3 Å². The quantitative estimate of drug-likeness (QED) is 0.621. The fourth-order valence-corrected chi connectivity index (χ4v) is 1.28. The minimum atomic E-state index is 0.222. The van der Waals surface area contributed by atoms with Crippen LogP contribution in [0.5, 0.6) is 11.5 Å². The number of aryl methyl sites for hydroxylation is 1. The molecule has 0 amide bonds. The molecule has 0 N–H and O–H groups in total. The number of hydrogen-bond acceptors (Lipinski definition) is 3. The van der Waals surface area contributed by atoms with Crippen molar-refractivity contribution in [2.24, 2.45) is 0 Å². The van der Waals surface area contributed by atoms with Gasteiger partial charge in [-0.15, -0.1) is 0 Å². The topological polar surface area (TPSA) is 35.5 Å². The predicted octanol–water partition coefficient (Wildman–Crippen LogP) is 3.19. The Morgan fingerprint density at radius 1 is 1.27 bits per heavy atom. The molecule has 0 aliphatic carbocycles. The third-order valence-electron chi connectivity index (χ3n) is 1.66. The van der Waals surface area contributed by atoms with Crippen molar-refractivity contribution in [3.63, 3.8) is 0 Å². The van der Waals surface area contributed by atoms with Gasteiger partial charge in [0.05, 0.1) is 14.2 Å². The Balaban J connectivity index is 0.000000583. The molecule has 5 heteroatoms. The number of hydrogen-bond donors (Lipinski definition) is 0. The van der Waals surface area contributed by atoms with Crippen molar-refractivity contribution in [3.05, 3.63) is 22.2 Å². The third kappa shape index (κ3) is 4.53. The highest BCUT2D eigenvalue weighted by Crippen LogP contribution is 2.32. The summed E-state index contributed by atoms with van der Waals surface area (Å²) in [6, 6.07) is 3.83. The number of benzene rings is 1.